The monoisotopic (exact) mass is 311 g/mol. The summed E-state index contributed by atoms with van der Waals surface area (Å²) in [6.45, 7) is 0. The second-order valence-corrected chi connectivity index (χ2v) is 4.41. The molecule has 18 heavy (non-hydrogen) atoms. The van der Waals surface area contributed by atoms with Crippen molar-refractivity contribution in [1.82, 2.24) is 4.98 Å². The van der Waals surface area contributed by atoms with Crippen LogP contribution in [0.1, 0.15) is 28.1 Å². The Balaban J connectivity index is 2.23. The molecular weight excluding hydrogens is 302 g/mol. The van der Waals surface area contributed by atoms with Crippen molar-refractivity contribution < 1.29 is 19.1 Å². The number of furan rings is 1. The minimum Gasteiger partial charge on any atom is -0.463 e. The van der Waals surface area contributed by atoms with Crippen LogP contribution in [0.2, 0.25) is 0 Å². The van der Waals surface area contributed by atoms with Crippen LogP contribution in [0, 0.1) is 0 Å². The SMILES string of the molecule is COC(=O)c1ccc(C(O)c2ccc(Br)cn2)o1. The molecular formula is C12H10BrNO4. The third kappa shape index (κ3) is 2.60. The highest BCUT2D eigenvalue weighted by molar-refractivity contribution is 9.10. The van der Waals surface area contributed by atoms with Gasteiger partial charge in [0, 0.05) is 10.7 Å². The maximum Gasteiger partial charge on any atom is 0.373 e. The number of aromatic nitrogens is 1. The molecule has 1 unspecified atom stereocenters. The third-order valence-corrected chi connectivity index (χ3v) is 2.78. The summed E-state index contributed by atoms with van der Waals surface area (Å²) in [7, 11) is 1.26. The van der Waals surface area contributed by atoms with Crippen LogP contribution in [-0.2, 0) is 4.74 Å². The lowest BCUT2D eigenvalue weighted by Gasteiger charge is -2.06. The molecule has 0 aromatic carbocycles. The summed E-state index contributed by atoms with van der Waals surface area (Å²) in [6.07, 6.45) is 0.555. The summed E-state index contributed by atoms with van der Waals surface area (Å²) in [5.41, 5.74) is 0.434. The molecule has 1 atom stereocenters. The molecule has 2 heterocycles. The zero-order valence-electron chi connectivity index (χ0n) is 9.46. The van der Waals surface area contributed by atoms with Crippen molar-refractivity contribution in [1.29, 1.82) is 0 Å². The zero-order valence-corrected chi connectivity index (χ0v) is 11.0. The average molecular weight is 312 g/mol. The first-order valence-electron chi connectivity index (χ1n) is 5.09. The van der Waals surface area contributed by atoms with E-state index >= 15 is 0 Å². The van der Waals surface area contributed by atoms with Crippen molar-refractivity contribution >= 4 is 21.9 Å². The van der Waals surface area contributed by atoms with Gasteiger partial charge in [0.05, 0.1) is 12.8 Å². The number of carbonyl (C=O) groups is 1. The molecule has 6 heteroatoms. The molecule has 0 fully saturated rings. The molecule has 2 aromatic heterocycles. The van der Waals surface area contributed by atoms with Gasteiger partial charge in [-0.25, -0.2) is 4.79 Å². The predicted molar refractivity (Wildman–Crippen MR) is 66.0 cm³/mol. The highest BCUT2D eigenvalue weighted by Gasteiger charge is 2.18. The molecule has 0 aliphatic heterocycles. The van der Waals surface area contributed by atoms with Crippen molar-refractivity contribution in [3.63, 3.8) is 0 Å². The maximum atomic E-state index is 11.2. The quantitative estimate of drug-likeness (QED) is 0.881. The number of hydrogen-bond donors (Lipinski definition) is 1. The maximum absolute atomic E-state index is 11.2. The van der Waals surface area contributed by atoms with Gasteiger partial charge in [-0.2, -0.15) is 0 Å². The van der Waals surface area contributed by atoms with Crippen LogP contribution < -0.4 is 0 Å². The van der Waals surface area contributed by atoms with Gasteiger partial charge in [0.2, 0.25) is 5.76 Å². The fourth-order valence-corrected chi connectivity index (χ4v) is 1.64. The molecule has 5 nitrogen and oxygen atoms in total. The van der Waals surface area contributed by atoms with Crippen LogP contribution in [0.15, 0.2) is 39.4 Å². The van der Waals surface area contributed by atoms with E-state index in [0.717, 1.165) is 4.47 Å². The van der Waals surface area contributed by atoms with Crippen molar-refractivity contribution in [2.45, 2.75) is 6.10 Å². The first-order chi connectivity index (χ1) is 8.61. The first kappa shape index (κ1) is 12.8. The number of carbonyl (C=O) groups excluding carboxylic acids is 1. The van der Waals surface area contributed by atoms with Crippen LogP contribution in [-0.4, -0.2) is 23.2 Å². The van der Waals surface area contributed by atoms with Crippen LogP contribution in [0.3, 0.4) is 0 Å². The predicted octanol–water partition coefficient (Wildman–Crippen LogP) is 2.31. The minimum atomic E-state index is -1.02. The van der Waals surface area contributed by atoms with Crippen molar-refractivity contribution in [3.8, 4) is 0 Å². The summed E-state index contributed by atoms with van der Waals surface area (Å²) in [5.74, 6) is -0.300. The second kappa shape index (κ2) is 5.32. The lowest BCUT2D eigenvalue weighted by Crippen LogP contribution is -2.01. The van der Waals surface area contributed by atoms with Crippen LogP contribution in [0.5, 0.6) is 0 Å². The lowest BCUT2D eigenvalue weighted by molar-refractivity contribution is 0.0557. The van der Waals surface area contributed by atoms with Gasteiger partial charge in [0.15, 0.2) is 6.10 Å². The summed E-state index contributed by atoms with van der Waals surface area (Å²) >= 11 is 3.25. The van der Waals surface area contributed by atoms with Gasteiger partial charge in [0.25, 0.3) is 0 Å². The van der Waals surface area contributed by atoms with Gasteiger partial charge >= 0.3 is 5.97 Å². The molecule has 0 saturated heterocycles. The van der Waals surface area contributed by atoms with Gasteiger partial charge in [-0.3, -0.25) is 4.98 Å². The molecule has 0 amide bonds. The fraction of sp³-hybridized carbons (Fsp3) is 0.167. The van der Waals surface area contributed by atoms with Gasteiger partial charge in [-0.05, 0) is 40.2 Å². The summed E-state index contributed by atoms with van der Waals surface area (Å²) in [6, 6.07) is 6.38. The minimum absolute atomic E-state index is 0.0451. The fourth-order valence-electron chi connectivity index (χ4n) is 1.40. The third-order valence-electron chi connectivity index (χ3n) is 2.31. The Morgan fingerprint density at radius 3 is 2.83 bits per heavy atom. The van der Waals surface area contributed by atoms with Crippen LogP contribution in [0.4, 0.5) is 0 Å². The lowest BCUT2D eigenvalue weighted by atomic mass is 10.2. The molecule has 1 N–H and O–H groups in total. The molecule has 0 aliphatic rings. The number of halogens is 1. The summed E-state index contributed by atoms with van der Waals surface area (Å²) < 4.78 is 10.5. The topological polar surface area (TPSA) is 72.6 Å². The number of esters is 1. The van der Waals surface area contributed by atoms with E-state index in [1.54, 1.807) is 18.3 Å². The van der Waals surface area contributed by atoms with E-state index in [4.69, 9.17) is 4.42 Å². The molecule has 0 aliphatic carbocycles. The average Bonchev–Trinajstić information content (AvgIpc) is 2.87. The second-order valence-electron chi connectivity index (χ2n) is 3.50. The number of ether oxygens (including phenoxy) is 1. The van der Waals surface area contributed by atoms with Crippen molar-refractivity contribution in [2.24, 2.45) is 0 Å². The van der Waals surface area contributed by atoms with E-state index in [1.165, 1.54) is 19.2 Å². The van der Waals surface area contributed by atoms with Gasteiger partial charge in [-0.1, -0.05) is 0 Å². The molecule has 2 aromatic rings. The first-order valence-corrected chi connectivity index (χ1v) is 5.88. The highest BCUT2D eigenvalue weighted by atomic mass is 79.9. The Labute approximate surface area is 112 Å². The van der Waals surface area contributed by atoms with E-state index in [1.807, 2.05) is 0 Å². The summed E-state index contributed by atoms with van der Waals surface area (Å²) in [4.78, 5) is 15.3. The number of hydrogen-bond acceptors (Lipinski definition) is 5. The smallest absolute Gasteiger partial charge is 0.373 e. The molecule has 0 saturated carbocycles. The van der Waals surface area contributed by atoms with E-state index in [-0.39, 0.29) is 11.5 Å². The van der Waals surface area contributed by atoms with E-state index < -0.39 is 12.1 Å². The number of rotatable bonds is 3. The standard InChI is InChI=1S/C12H10BrNO4/c1-17-12(16)10-5-4-9(18-10)11(15)8-3-2-7(13)6-14-8/h2-6,11,15H,1H3. The van der Waals surface area contributed by atoms with Gasteiger partial charge in [-0.15, -0.1) is 0 Å². The largest absolute Gasteiger partial charge is 0.463 e. The van der Waals surface area contributed by atoms with Crippen LogP contribution in [0.25, 0.3) is 0 Å². The number of pyridine rings is 1. The molecule has 0 radical (unpaired) electrons. The van der Waals surface area contributed by atoms with E-state index in [2.05, 4.69) is 25.7 Å². The Hall–Kier alpha value is -1.66. The van der Waals surface area contributed by atoms with E-state index in [0.29, 0.717) is 5.69 Å². The Morgan fingerprint density at radius 2 is 2.22 bits per heavy atom. The highest BCUT2D eigenvalue weighted by Crippen LogP contribution is 2.23. The Morgan fingerprint density at radius 1 is 1.44 bits per heavy atom. The molecule has 0 bridgehead atoms. The summed E-state index contributed by atoms with van der Waals surface area (Å²) in [5, 5.41) is 10.0. The van der Waals surface area contributed by atoms with Gasteiger partial charge in [0.1, 0.15) is 5.76 Å². The molecule has 94 valence electrons. The Kier molecular flexibility index (Phi) is 3.78. The van der Waals surface area contributed by atoms with Crippen molar-refractivity contribution in [2.75, 3.05) is 7.11 Å². The zero-order chi connectivity index (χ0) is 13.1. The molecule has 2 rings (SSSR count). The van der Waals surface area contributed by atoms with Crippen molar-refractivity contribution in [3.05, 3.63) is 52.1 Å². The number of aliphatic hydroxyl groups excluding tert-OH is 1. The number of nitrogens with zero attached hydrogens (tertiary/aromatic N) is 1. The van der Waals surface area contributed by atoms with Crippen LogP contribution >= 0.6 is 15.9 Å². The Bertz CT molecular complexity index is 549. The number of methoxy groups -OCH3 is 1. The molecule has 0 spiro atoms. The van der Waals surface area contributed by atoms with E-state index in [9.17, 15) is 9.90 Å². The normalized spacial score (nSPS) is 12.2. The van der Waals surface area contributed by atoms with Gasteiger partial charge < -0.3 is 14.3 Å². The number of aliphatic hydroxyl groups is 1.